The van der Waals surface area contributed by atoms with Crippen molar-refractivity contribution in [2.75, 3.05) is 0 Å². The third-order valence-electron chi connectivity index (χ3n) is 2.43. The quantitative estimate of drug-likeness (QED) is 0.748. The van der Waals surface area contributed by atoms with Crippen LogP contribution in [0.25, 0.3) is 0 Å². The van der Waals surface area contributed by atoms with Crippen LogP contribution in [0.15, 0.2) is 36.9 Å². The zero-order valence-electron chi connectivity index (χ0n) is 9.86. The molecule has 0 unspecified atom stereocenters. The van der Waals surface area contributed by atoms with Gasteiger partial charge in [0.05, 0.1) is 5.56 Å². The van der Waals surface area contributed by atoms with Crippen LogP contribution in [0.1, 0.15) is 23.2 Å². The molecule has 96 valence electrons. The van der Waals surface area contributed by atoms with Crippen LogP contribution in [0.4, 0.5) is 4.39 Å². The second kappa shape index (κ2) is 6.54. The van der Waals surface area contributed by atoms with Crippen LogP contribution < -0.4 is 11.1 Å². The van der Waals surface area contributed by atoms with Crippen molar-refractivity contribution in [3.05, 3.63) is 48.3 Å². The lowest BCUT2D eigenvalue weighted by atomic mass is 10.1. The van der Waals surface area contributed by atoms with Crippen LogP contribution in [-0.2, 0) is 4.79 Å². The number of hydrogen-bond acceptors (Lipinski definition) is 2. The van der Waals surface area contributed by atoms with Crippen LogP contribution in [0.5, 0.6) is 0 Å². The Hall–Kier alpha value is -2.17. The van der Waals surface area contributed by atoms with Gasteiger partial charge in [-0.1, -0.05) is 18.2 Å². The maximum absolute atomic E-state index is 13.4. The first-order chi connectivity index (χ1) is 8.56. The highest BCUT2D eigenvalue weighted by Crippen LogP contribution is 2.07. The second-order valence-electron chi connectivity index (χ2n) is 3.77. The number of nitrogens with two attached hydrogens (primary N) is 1. The van der Waals surface area contributed by atoms with Crippen molar-refractivity contribution in [1.29, 1.82) is 0 Å². The first kappa shape index (κ1) is 13.9. The van der Waals surface area contributed by atoms with Gasteiger partial charge in [-0.05, 0) is 25.0 Å². The molecule has 1 aromatic carbocycles. The first-order valence-corrected chi connectivity index (χ1v) is 5.52. The van der Waals surface area contributed by atoms with Gasteiger partial charge in [0.2, 0.25) is 5.91 Å². The van der Waals surface area contributed by atoms with E-state index in [-0.39, 0.29) is 5.56 Å². The first-order valence-electron chi connectivity index (χ1n) is 5.52. The average Bonchev–Trinajstić information content (AvgIpc) is 2.34. The number of amides is 2. The molecule has 0 saturated heterocycles. The summed E-state index contributed by atoms with van der Waals surface area (Å²) in [6.07, 6.45) is 2.50. The number of hydrogen-bond donors (Lipinski definition) is 2. The van der Waals surface area contributed by atoms with Gasteiger partial charge in [-0.3, -0.25) is 9.59 Å². The zero-order chi connectivity index (χ0) is 13.5. The van der Waals surface area contributed by atoms with E-state index in [2.05, 4.69) is 11.9 Å². The molecule has 1 atom stereocenters. The predicted molar refractivity (Wildman–Crippen MR) is 66.3 cm³/mol. The highest BCUT2D eigenvalue weighted by atomic mass is 19.1. The smallest absolute Gasteiger partial charge is 0.254 e. The normalized spacial score (nSPS) is 11.6. The summed E-state index contributed by atoms with van der Waals surface area (Å²) in [6.45, 7) is 3.52. The van der Waals surface area contributed by atoms with Crippen molar-refractivity contribution in [1.82, 2.24) is 5.32 Å². The van der Waals surface area contributed by atoms with Crippen molar-refractivity contribution >= 4 is 11.8 Å². The zero-order valence-corrected chi connectivity index (χ0v) is 9.86. The molecule has 0 spiro atoms. The van der Waals surface area contributed by atoms with E-state index in [0.717, 1.165) is 0 Å². The van der Waals surface area contributed by atoms with E-state index in [0.29, 0.717) is 12.8 Å². The lowest BCUT2D eigenvalue weighted by Gasteiger charge is -2.14. The molecule has 0 radical (unpaired) electrons. The Kier molecular flexibility index (Phi) is 5.05. The van der Waals surface area contributed by atoms with Crippen molar-refractivity contribution in [2.45, 2.75) is 18.9 Å². The molecule has 18 heavy (non-hydrogen) atoms. The maximum Gasteiger partial charge on any atom is 0.254 e. The number of primary amides is 1. The van der Waals surface area contributed by atoms with E-state index in [1.165, 1.54) is 18.2 Å². The molecule has 2 amide bonds. The number of halogens is 1. The van der Waals surface area contributed by atoms with E-state index in [9.17, 15) is 14.0 Å². The van der Waals surface area contributed by atoms with Crippen molar-refractivity contribution < 1.29 is 14.0 Å². The minimum absolute atomic E-state index is 0.109. The highest BCUT2D eigenvalue weighted by molar-refractivity contribution is 5.97. The van der Waals surface area contributed by atoms with Crippen LogP contribution in [0.2, 0.25) is 0 Å². The molecule has 0 heterocycles. The Morgan fingerprint density at radius 3 is 2.67 bits per heavy atom. The molecule has 3 N–H and O–H groups in total. The van der Waals surface area contributed by atoms with E-state index >= 15 is 0 Å². The number of carbonyl (C=O) groups is 2. The molecule has 0 saturated carbocycles. The summed E-state index contributed by atoms with van der Waals surface area (Å²) in [5.41, 5.74) is 5.05. The maximum atomic E-state index is 13.4. The van der Waals surface area contributed by atoms with Crippen LogP contribution in [0.3, 0.4) is 0 Å². The van der Waals surface area contributed by atoms with Crippen LogP contribution in [0, 0.1) is 5.82 Å². The highest BCUT2D eigenvalue weighted by Gasteiger charge is 2.19. The van der Waals surface area contributed by atoms with Gasteiger partial charge < -0.3 is 11.1 Å². The molecular formula is C13H15FN2O2. The molecule has 1 aromatic rings. The Morgan fingerprint density at radius 2 is 2.11 bits per heavy atom. The standard InChI is InChI=1S/C13H15FN2O2/c1-2-3-8-11(12(15)17)16-13(18)9-6-4-5-7-10(9)14/h2,4-7,11H,1,3,8H2,(H2,15,17)(H,16,18)/t11-/m0/s1. The number of rotatable bonds is 6. The van der Waals surface area contributed by atoms with Crippen molar-refractivity contribution in [2.24, 2.45) is 5.73 Å². The van der Waals surface area contributed by atoms with Crippen molar-refractivity contribution in [3.63, 3.8) is 0 Å². The third-order valence-corrected chi connectivity index (χ3v) is 2.43. The Labute approximate surface area is 105 Å². The summed E-state index contributed by atoms with van der Waals surface area (Å²) in [5, 5.41) is 2.41. The topological polar surface area (TPSA) is 72.2 Å². The van der Waals surface area contributed by atoms with E-state index in [1.54, 1.807) is 12.1 Å². The van der Waals surface area contributed by atoms with Gasteiger partial charge in [-0.25, -0.2) is 4.39 Å². The second-order valence-corrected chi connectivity index (χ2v) is 3.77. The van der Waals surface area contributed by atoms with Crippen molar-refractivity contribution in [3.8, 4) is 0 Å². The molecule has 4 nitrogen and oxygen atoms in total. The molecule has 0 fully saturated rings. The minimum Gasteiger partial charge on any atom is -0.368 e. The van der Waals surface area contributed by atoms with Crippen LogP contribution >= 0.6 is 0 Å². The molecular weight excluding hydrogens is 235 g/mol. The van der Waals surface area contributed by atoms with Crippen LogP contribution in [-0.4, -0.2) is 17.9 Å². The fourth-order valence-corrected chi connectivity index (χ4v) is 1.45. The summed E-state index contributed by atoms with van der Waals surface area (Å²) >= 11 is 0. The van der Waals surface area contributed by atoms with Gasteiger partial charge in [0.25, 0.3) is 5.91 Å². The summed E-state index contributed by atoms with van der Waals surface area (Å²) < 4.78 is 13.4. The molecule has 5 heteroatoms. The summed E-state index contributed by atoms with van der Waals surface area (Å²) in [4.78, 5) is 22.9. The fraction of sp³-hybridized carbons (Fsp3) is 0.231. The number of nitrogens with one attached hydrogen (secondary N) is 1. The van der Waals surface area contributed by atoms with Gasteiger partial charge in [0.15, 0.2) is 0 Å². The summed E-state index contributed by atoms with van der Waals surface area (Å²) in [7, 11) is 0. The molecule has 0 aliphatic carbocycles. The Balaban J connectivity index is 2.75. The van der Waals surface area contributed by atoms with Gasteiger partial charge in [0, 0.05) is 0 Å². The fourth-order valence-electron chi connectivity index (χ4n) is 1.45. The van der Waals surface area contributed by atoms with E-state index in [4.69, 9.17) is 5.73 Å². The number of carbonyl (C=O) groups excluding carboxylic acids is 2. The summed E-state index contributed by atoms with van der Waals surface area (Å²) in [6, 6.07) is 4.72. The Morgan fingerprint density at radius 1 is 1.44 bits per heavy atom. The lowest BCUT2D eigenvalue weighted by Crippen LogP contribution is -2.44. The lowest BCUT2D eigenvalue weighted by molar-refractivity contribution is -0.119. The van der Waals surface area contributed by atoms with E-state index in [1.807, 2.05) is 0 Å². The number of allylic oxidation sites excluding steroid dienone is 1. The molecule has 0 aromatic heterocycles. The predicted octanol–water partition coefficient (Wildman–Crippen LogP) is 1.38. The SMILES string of the molecule is C=CCC[C@H](NC(=O)c1ccccc1F)C(N)=O. The number of benzene rings is 1. The molecule has 0 bridgehead atoms. The molecule has 0 aliphatic rings. The molecule has 0 aliphatic heterocycles. The average molecular weight is 250 g/mol. The monoisotopic (exact) mass is 250 g/mol. The van der Waals surface area contributed by atoms with Gasteiger partial charge in [0.1, 0.15) is 11.9 Å². The third kappa shape index (κ3) is 3.69. The van der Waals surface area contributed by atoms with Gasteiger partial charge in [-0.2, -0.15) is 0 Å². The Bertz CT molecular complexity index is 460. The largest absolute Gasteiger partial charge is 0.368 e. The minimum atomic E-state index is -0.824. The summed E-state index contributed by atoms with van der Waals surface area (Å²) in [5.74, 6) is -1.94. The van der Waals surface area contributed by atoms with Gasteiger partial charge >= 0.3 is 0 Å². The molecule has 1 rings (SSSR count). The van der Waals surface area contributed by atoms with E-state index < -0.39 is 23.7 Å². The van der Waals surface area contributed by atoms with Gasteiger partial charge in [-0.15, -0.1) is 6.58 Å².